The number of hydrogen-bond donors (Lipinski definition) is 1. The molecule has 3 heterocycles. The van der Waals surface area contributed by atoms with Crippen molar-refractivity contribution in [1.82, 2.24) is 24.3 Å². The molecule has 0 aliphatic carbocycles. The van der Waals surface area contributed by atoms with E-state index < -0.39 is 11.2 Å². The standard InChI is InChI=1S/C13H14N6O2S2/c1-4-22-12-17-16-11(23-12)15-7-5-6-14-9-8(7)10(20)19(3)13(21)18(9)2/h5-6H,4H2,1-3H3,(H,14,15,16). The predicted octanol–water partition coefficient (Wildman–Crippen LogP) is 1.34. The van der Waals surface area contributed by atoms with Gasteiger partial charge in [-0.3, -0.25) is 13.9 Å². The van der Waals surface area contributed by atoms with Crippen molar-refractivity contribution >= 4 is 45.0 Å². The summed E-state index contributed by atoms with van der Waals surface area (Å²) in [4.78, 5) is 28.6. The topological polar surface area (TPSA) is 94.7 Å². The Hall–Kier alpha value is -2.20. The number of thioether (sulfide) groups is 1. The molecule has 120 valence electrons. The molecule has 0 aliphatic heterocycles. The van der Waals surface area contributed by atoms with Crippen LogP contribution in [0.15, 0.2) is 26.2 Å². The van der Waals surface area contributed by atoms with Crippen LogP contribution in [-0.2, 0) is 14.1 Å². The SMILES string of the molecule is CCSc1nnc(Nc2ccnc3c2c(=O)n(C)c(=O)n3C)s1. The van der Waals surface area contributed by atoms with E-state index in [0.29, 0.717) is 21.9 Å². The van der Waals surface area contributed by atoms with E-state index in [0.717, 1.165) is 14.7 Å². The van der Waals surface area contributed by atoms with Gasteiger partial charge in [0.25, 0.3) is 5.56 Å². The Morgan fingerprint density at radius 2 is 2.04 bits per heavy atom. The van der Waals surface area contributed by atoms with Crippen molar-refractivity contribution in [2.24, 2.45) is 14.1 Å². The van der Waals surface area contributed by atoms with Gasteiger partial charge in [0.2, 0.25) is 5.13 Å². The molecule has 3 rings (SSSR count). The van der Waals surface area contributed by atoms with Crippen molar-refractivity contribution in [3.63, 3.8) is 0 Å². The van der Waals surface area contributed by atoms with Crippen LogP contribution in [-0.4, -0.2) is 30.1 Å². The predicted molar refractivity (Wildman–Crippen MR) is 91.8 cm³/mol. The van der Waals surface area contributed by atoms with Crippen molar-refractivity contribution < 1.29 is 0 Å². The minimum atomic E-state index is -0.412. The number of pyridine rings is 1. The molecule has 0 saturated heterocycles. The molecule has 8 nitrogen and oxygen atoms in total. The van der Waals surface area contributed by atoms with E-state index in [1.807, 2.05) is 6.92 Å². The van der Waals surface area contributed by atoms with Crippen LogP contribution in [0, 0.1) is 0 Å². The van der Waals surface area contributed by atoms with E-state index >= 15 is 0 Å². The molecule has 0 saturated carbocycles. The Balaban J connectivity index is 2.14. The van der Waals surface area contributed by atoms with Gasteiger partial charge < -0.3 is 5.32 Å². The third-order valence-corrected chi connectivity index (χ3v) is 5.11. The van der Waals surface area contributed by atoms with Gasteiger partial charge in [-0.25, -0.2) is 9.78 Å². The molecular formula is C13H14N6O2S2. The van der Waals surface area contributed by atoms with Gasteiger partial charge in [0.15, 0.2) is 9.99 Å². The van der Waals surface area contributed by atoms with Crippen molar-refractivity contribution in [2.45, 2.75) is 11.3 Å². The van der Waals surface area contributed by atoms with Gasteiger partial charge in [-0.1, -0.05) is 30.0 Å². The summed E-state index contributed by atoms with van der Waals surface area (Å²) in [7, 11) is 3.03. The Kier molecular flexibility index (Phi) is 4.18. The van der Waals surface area contributed by atoms with Crippen LogP contribution >= 0.6 is 23.1 Å². The van der Waals surface area contributed by atoms with Gasteiger partial charge >= 0.3 is 5.69 Å². The second kappa shape index (κ2) is 6.13. The molecule has 0 bridgehead atoms. The molecule has 10 heteroatoms. The normalized spacial score (nSPS) is 11.1. The van der Waals surface area contributed by atoms with Crippen molar-refractivity contribution in [3.8, 4) is 0 Å². The average Bonchev–Trinajstić information content (AvgIpc) is 2.98. The fraction of sp³-hybridized carbons (Fsp3) is 0.308. The first-order valence-corrected chi connectivity index (χ1v) is 8.61. The summed E-state index contributed by atoms with van der Waals surface area (Å²) in [5, 5.41) is 12.2. The molecule has 0 radical (unpaired) electrons. The number of aryl methyl sites for hydroxylation is 1. The van der Waals surface area contributed by atoms with Gasteiger partial charge in [0.05, 0.1) is 5.69 Å². The lowest BCUT2D eigenvalue weighted by atomic mass is 10.2. The summed E-state index contributed by atoms with van der Waals surface area (Å²) in [5.41, 5.74) is 0.0715. The average molecular weight is 350 g/mol. The molecule has 0 unspecified atom stereocenters. The van der Waals surface area contributed by atoms with Crippen LogP contribution in [0.1, 0.15) is 6.92 Å². The summed E-state index contributed by atoms with van der Waals surface area (Å²) in [6, 6.07) is 1.68. The number of nitrogens with zero attached hydrogens (tertiary/aromatic N) is 5. The lowest BCUT2D eigenvalue weighted by Gasteiger charge is -2.10. The molecule has 0 aliphatic rings. The number of rotatable bonds is 4. The number of aromatic nitrogens is 5. The van der Waals surface area contributed by atoms with Crippen molar-refractivity contribution in [3.05, 3.63) is 33.1 Å². The molecule has 23 heavy (non-hydrogen) atoms. The van der Waals surface area contributed by atoms with Crippen LogP contribution in [0.2, 0.25) is 0 Å². The third kappa shape index (κ3) is 2.75. The first-order valence-electron chi connectivity index (χ1n) is 6.81. The molecule has 0 aromatic carbocycles. The third-order valence-electron chi connectivity index (χ3n) is 3.26. The molecule has 3 aromatic heterocycles. The van der Waals surface area contributed by atoms with Gasteiger partial charge in [0.1, 0.15) is 5.39 Å². The van der Waals surface area contributed by atoms with Crippen LogP contribution in [0.25, 0.3) is 11.0 Å². The second-order valence-corrected chi connectivity index (χ2v) is 7.18. The summed E-state index contributed by atoms with van der Waals surface area (Å²) < 4.78 is 3.27. The fourth-order valence-corrected chi connectivity index (χ4v) is 3.81. The summed E-state index contributed by atoms with van der Waals surface area (Å²) in [6.45, 7) is 2.04. The smallest absolute Gasteiger partial charge is 0.329 e. The highest BCUT2D eigenvalue weighted by molar-refractivity contribution is 8.01. The second-order valence-electron chi connectivity index (χ2n) is 4.69. The van der Waals surface area contributed by atoms with Crippen LogP contribution in [0.3, 0.4) is 0 Å². The molecule has 0 spiro atoms. The number of nitrogens with one attached hydrogen (secondary N) is 1. The van der Waals surface area contributed by atoms with Gasteiger partial charge in [-0.2, -0.15) is 0 Å². The van der Waals surface area contributed by atoms with Crippen LogP contribution < -0.4 is 16.6 Å². The Morgan fingerprint density at radius 1 is 1.26 bits per heavy atom. The summed E-state index contributed by atoms with van der Waals surface area (Å²) in [5.74, 6) is 0.912. The Morgan fingerprint density at radius 3 is 2.78 bits per heavy atom. The van der Waals surface area contributed by atoms with E-state index in [1.54, 1.807) is 31.1 Å². The molecule has 0 fully saturated rings. The summed E-state index contributed by atoms with van der Waals surface area (Å²) in [6.07, 6.45) is 1.55. The maximum absolute atomic E-state index is 12.5. The van der Waals surface area contributed by atoms with Crippen LogP contribution in [0.5, 0.6) is 0 Å². The van der Waals surface area contributed by atoms with Crippen molar-refractivity contribution in [1.29, 1.82) is 0 Å². The highest BCUT2D eigenvalue weighted by atomic mass is 32.2. The molecule has 0 amide bonds. The zero-order valence-corrected chi connectivity index (χ0v) is 14.4. The zero-order valence-electron chi connectivity index (χ0n) is 12.7. The molecule has 3 aromatic rings. The first-order chi connectivity index (χ1) is 11.0. The van der Waals surface area contributed by atoms with E-state index in [9.17, 15) is 9.59 Å². The van der Waals surface area contributed by atoms with E-state index in [4.69, 9.17) is 0 Å². The maximum Gasteiger partial charge on any atom is 0.332 e. The number of fused-ring (bicyclic) bond motifs is 1. The van der Waals surface area contributed by atoms with Gasteiger partial charge in [-0.05, 0) is 11.8 Å². The largest absolute Gasteiger partial charge is 0.332 e. The zero-order chi connectivity index (χ0) is 16.6. The summed E-state index contributed by atoms with van der Waals surface area (Å²) >= 11 is 3.01. The highest BCUT2D eigenvalue weighted by Crippen LogP contribution is 2.28. The maximum atomic E-state index is 12.5. The first kappa shape index (κ1) is 15.7. The van der Waals surface area contributed by atoms with Gasteiger partial charge in [0, 0.05) is 20.3 Å². The van der Waals surface area contributed by atoms with E-state index in [1.165, 1.54) is 23.0 Å². The Labute approximate surface area is 139 Å². The lowest BCUT2D eigenvalue weighted by Crippen LogP contribution is -2.37. The number of anilines is 2. The number of hydrogen-bond acceptors (Lipinski definition) is 8. The van der Waals surface area contributed by atoms with E-state index in [2.05, 4.69) is 20.5 Å². The van der Waals surface area contributed by atoms with Crippen LogP contribution in [0.4, 0.5) is 10.8 Å². The van der Waals surface area contributed by atoms with Crippen molar-refractivity contribution in [2.75, 3.05) is 11.1 Å². The lowest BCUT2D eigenvalue weighted by molar-refractivity contribution is 0.708. The quantitative estimate of drug-likeness (QED) is 0.710. The van der Waals surface area contributed by atoms with Gasteiger partial charge in [-0.15, -0.1) is 10.2 Å². The fourth-order valence-electron chi connectivity index (χ4n) is 2.15. The molecular weight excluding hydrogens is 336 g/mol. The monoisotopic (exact) mass is 350 g/mol. The minimum Gasteiger partial charge on any atom is -0.329 e. The van der Waals surface area contributed by atoms with E-state index in [-0.39, 0.29) is 0 Å². The minimum absolute atomic E-state index is 0.329. The molecule has 1 N–H and O–H groups in total. The Bertz CT molecular complexity index is 990. The highest BCUT2D eigenvalue weighted by Gasteiger charge is 2.14. The molecule has 0 atom stereocenters.